The molecule has 0 radical (unpaired) electrons. The maximum Gasteiger partial charge on any atom is 0.175 e. The average Bonchev–Trinajstić information content (AvgIpc) is 2.40. The SMILES string of the molecule is CS(=O)(=O)c1ccc(C(Br)c2cc(Br)ccc2Br)cc1. The van der Waals surface area contributed by atoms with Crippen molar-refractivity contribution in [3.63, 3.8) is 0 Å². The molecule has 6 heteroatoms. The first-order valence-electron chi connectivity index (χ1n) is 5.68. The van der Waals surface area contributed by atoms with Crippen LogP contribution in [0.1, 0.15) is 16.0 Å². The van der Waals surface area contributed by atoms with Gasteiger partial charge in [0.2, 0.25) is 0 Å². The minimum Gasteiger partial charge on any atom is -0.224 e. The summed E-state index contributed by atoms with van der Waals surface area (Å²) in [5.41, 5.74) is 2.07. The van der Waals surface area contributed by atoms with Crippen molar-refractivity contribution >= 4 is 57.6 Å². The van der Waals surface area contributed by atoms with Gasteiger partial charge in [-0.2, -0.15) is 0 Å². The summed E-state index contributed by atoms with van der Waals surface area (Å²) >= 11 is 10.6. The number of hydrogen-bond acceptors (Lipinski definition) is 2. The van der Waals surface area contributed by atoms with Crippen molar-refractivity contribution < 1.29 is 8.42 Å². The average molecular weight is 483 g/mol. The second kappa shape index (κ2) is 6.30. The molecule has 0 aliphatic rings. The molecule has 0 fully saturated rings. The van der Waals surface area contributed by atoms with E-state index in [9.17, 15) is 8.42 Å². The van der Waals surface area contributed by atoms with E-state index in [0.29, 0.717) is 4.90 Å². The largest absolute Gasteiger partial charge is 0.224 e. The summed E-state index contributed by atoms with van der Waals surface area (Å²) in [4.78, 5) is 0.317. The first-order valence-corrected chi connectivity index (χ1v) is 10.1. The molecule has 1 unspecified atom stereocenters. The number of rotatable bonds is 3. The Kier molecular flexibility index (Phi) is 5.10. The highest BCUT2D eigenvalue weighted by atomic mass is 79.9. The fourth-order valence-electron chi connectivity index (χ4n) is 1.77. The lowest BCUT2D eigenvalue weighted by Crippen LogP contribution is -1.99. The Bertz CT molecular complexity index is 725. The lowest BCUT2D eigenvalue weighted by atomic mass is 10.1. The van der Waals surface area contributed by atoms with Gasteiger partial charge in [-0.25, -0.2) is 8.42 Å². The van der Waals surface area contributed by atoms with E-state index in [-0.39, 0.29) is 4.83 Å². The van der Waals surface area contributed by atoms with Gasteiger partial charge in [0.05, 0.1) is 9.72 Å². The van der Waals surface area contributed by atoms with Crippen molar-refractivity contribution in [2.75, 3.05) is 6.26 Å². The maximum absolute atomic E-state index is 11.5. The molecule has 2 aromatic rings. The summed E-state index contributed by atoms with van der Waals surface area (Å²) in [6, 6.07) is 12.9. The van der Waals surface area contributed by atoms with Crippen molar-refractivity contribution in [1.82, 2.24) is 0 Å². The fourth-order valence-corrected chi connectivity index (χ4v) is 4.25. The number of halogens is 3. The van der Waals surface area contributed by atoms with Crippen LogP contribution in [0.2, 0.25) is 0 Å². The molecular weight excluding hydrogens is 472 g/mol. The molecule has 2 rings (SSSR count). The predicted molar refractivity (Wildman–Crippen MR) is 92.2 cm³/mol. The lowest BCUT2D eigenvalue weighted by Gasteiger charge is -2.13. The maximum atomic E-state index is 11.5. The number of benzene rings is 2. The lowest BCUT2D eigenvalue weighted by molar-refractivity contribution is 0.602. The Labute approximate surface area is 143 Å². The Morgan fingerprint density at radius 3 is 2.15 bits per heavy atom. The Morgan fingerprint density at radius 1 is 1.00 bits per heavy atom. The molecule has 106 valence electrons. The van der Waals surface area contributed by atoms with Crippen LogP contribution < -0.4 is 0 Å². The third kappa shape index (κ3) is 3.72. The van der Waals surface area contributed by atoms with Crippen molar-refractivity contribution in [2.24, 2.45) is 0 Å². The summed E-state index contributed by atoms with van der Waals surface area (Å²) < 4.78 is 24.9. The molecule has 1 atom stereocenters. The van der Waals surface area contributed by atoms with Crippen LogP contribution in [0.3, 0.4) is 0 Å². The van der Waals surface area contributed by atoms with Gasteiger partial charge in [-0.1, -0.05) is 59.9 Å². The molecule has 0 spiro atoms. The van der Waals surface area contributed by atoms with Crippen LogP contribution >= 0.6 is 47.8 Å². The van der Waals surface area contributed by atoms with E-state index < -0.39 is 9.84 Å². The standard InChI is InChI=1S/C14H11Br3O2S/c1-20(18,19)11-5-2-9(3-6-11)14(17)12-8-10(15)4-7-13(12)16/h2-8,14H,1H3. The molecule has 20 heavy (non-hydrogen) atoms. The second-order valence-electron chi connectivity index (χ2n) is 4.37. The molecule has 0 saturated carbocycles. The van der Waals surface area contributed by atoms with Crippen molar-refractivity contribution in [3.8, 4) is 0 Å². The predicted octanol–water partition coefficient (Wildman–Crippen LogP) is 5.10. The highest BCUT2D eigenvalue weighted by molar-refractivity contribution is 9.11. The summed E-state index contributed by atoms with van der Waals surface area (Å²) in [6.45, 7) is 0. The van der Waals surface area contributed by atoms with Gasteiger partial charge in [0.25, 0.3) is 0 Å². The van der Waals surface area contributed by atoms with E-state index in [2.05, 4.69) is 47.8 Å². The summed E-state index contributed by atoms with van der Waals surface area (Å²) in [7, 11) is -3.16. The highest BCUT2D eigenvalue weighted by Gasteiger charge is 2.15. The van der Waals surface area contributed by atoms with Gasteiger partial charge in [-0.05, 0) is 41.5 Å². The van der Waals surface area contributed by atoms with E-state index in [4.69, 9.17) is 0 Å². The van der Waals surface area contributed by atoms with Gasteiger partial charge in [-0.15, -0.1) is 0 Å². The van der Waals surface area contributed by atoms with E-state index in [1.807, 2.05) is 30.3 Å². The number of hydrogen-bond donors (Lipinski definition) is 0. The second-order valence-corrected chi connectivity index (χ2v) is 9.07. The van der Waals surface area contributed by atoms with Crippen LogP contribution in [0, 0.1) is 0 Å². The number of sulfone groups is 1. The van der Waals surface area contributed by atoms with E-state index >= 15 is 0 Å². The molecule has 0 saturated heterocycles. The molecule has 0 amide bonds. The molecule has 0 aliphatic heterocycles. The third-order valence-corrected chi connectivity index (χ3v) is 6.20. The Morgan fingerprint density at radius 2 is 1.60 bits per heavy atom. The number of alkyl halides is 1. The summed E-state index contributed by atoms with van der Waals surface area (Å²) in [5.74, 6) is 0. The molecule has 0 aliphatic carbocycles. The van der Waals surface area contributed by atoms with Crippen LogP contribution in [0.4, 0.5) is 0 Å². The molecule has 0 heterocycles. The smallest absolute Gasteiger partial charge is 0.175 e. The van der Waals surface area contributed by atoms with Gasteiger partial charge >= 0.3 is 0 Å². The van der Waals surface area contributed by atoms with Crippen LogP contribution in [-0.4, -0.2) is 14.7 Å². The minimum absolute atomic E-state index is 0.0111. The molecular formula is C14H11Br3O2S. The normalized spacial score (nSPS) is 13.2. The summed E-state index contributed by atoms with van der Waals surface area (Å²) in [5, 5.41) is 0. The molecule has 2 nitrogen and oxygen atoms in total. The van der Waals surface area contributed by atoms with E-state index in [1.165, 1.54) is 6.26 Å². The van der Waals surface area contributed by atoms with Crippen LogP contribution in [0.5, 0.6) is 0 Å². The zero-order chi connectivity index (χ0) is 14.9. The molecule has 0 aromatic heterocycles. The van der Waals surface area contributed by atoms with Gasteiger partial charge < -0.3 is 0 Å². The Balaban J connectivity index is 2.39. The molecule has 0 bridgehead atoms. The minimum atomic E-state index is -3.16. The first kappa shape index (κ1) is 16.2. The fraction of sp³-hybridized carbons (Fsp3) is 0.143. The topological polar surface area (TPSA) is 34.1 Å². The molecule has 2 aromatic carbocycles. The van der Waals surface area contributed by atoms with Crippen LogP contribution in [-0.2, 0) is 9.84 Å². The first-order chi connectivity index (χ1) is 9.29. The van der Waals surface area contributed by atoms with Gasteiger partial charge in [0.1, 0.15) is 0 Å². The van der Waals surface area contributed by atoms with Crippen LogP contribution in [0.15, 0.2) is 56.3 Å². The monoisotopic (exact) mass is 480 g/mol. The van der Waals surface area contributed by atoms with Crippen molar-refractivity contribution in [3.05, 3.63) is 62.5 Å². The third-order valence-electron chi connectivity index (χ3n) is 2.83. The van der Waals surface area contributed by atoms with Crippen molar-refractivity contribution in [1.29, 1.82) is 0 Å². The Hall–Kier alpha value is -0.170. The van der Waals surface area contributed by atoms with E-state index in [0.717, 1.165) is 20.1 Å². The van der Waals surface area contributed by atoms with E-state index in [1.54, 1.807) is 12.1 Å². The molecule has 0 N–H and O–H groups in total. The zero-order valence-electron chi connectivity index (χ0n) is 10.5. The zero-order valence-corrected chi connectivity index (χ0v) is 16.1. The van der Waals surface area contributed by atoms with Gasteiger partial charge in [-0.3, -0.25) is 0 Å². The van der Waals surface area contributed by atoms with Gasteiger partial charge in [0.15, 0.2) is 9.84 Å². The highest BCUT2D eigenvalue weighted by Crippen LogP contribution is 2.37. The van der Waals surface area contributed by atoms with Crippen molar-refractivity contribution in [2.45, 2.75) is 9.72 Å². The van der Waals surface area contributed by atoms with Crippen LogP contribution in [0.25, 0.3) is 0 Å². The van der Waals surface area contributed by atoms with Gasteiger partial charge in [0, 0.05) is 15.2 Å². The summed E-state index contributed by atoms with van der Waals surface area (Å²) in [6.07, 6.45) is 1.21. The quantitative estimate of drug-likeness (QED) is 0.570.